The number of amides is 3. The minimum Gasteiger partial charge on any atom is -0.489 e. The van der Waals surface area contributed by atoms with Crippen LogP contribution in [0.2, 0.25) is 0 Å². The molecular formula is C26H27N3O5. The van der Waals surface area contributed by atoms with E-state index in [2.05, 4.69) is 11.9 Å². The number of fused-ring (bicyclic) bond motifs is 1. The lowest BCUT2D eigenvalue weighted by atomic mass is 10.0. The number of rotatable bonds is 6. The molecule has 8 nitrogen and oxygen atoms in total. The molecule has 0 aliphatic carbocycles. The average molecular weight is 467 g/mol. The molecule has 5 rings (SSSR count). The van der Waals surface area contributed by atoms with Crippen molar-refractivity contribution in [2.24, 2.45) is 0 Å². The predicted molar refractivity (Wildman–Crippen MR) is 124 cm³/mol. The number of nitrogens with one attached hydrogen (secondary N) is 1. The maximum atomic E-state index is 13.1. The summed E-state index contributed by atoms with van der Waals surface area (Å²) in [6.07, 6.45) is 0.974. The highest BCUT2D eigenvalue weighted by Gasteiger charge is 2.39. The topological polar surface area (TPSA) is 88.2 Å². The third kappa shape index (κ3) is 4.41. The molecule has 1 N–H and O–H groups in total. The van der Waals surface area contributed by atoms with E-state index in [1.807, 2.05) is 0 Å². The molecule has 0 radical (unpaired) electrons. The molecule has 0 bridgehead atoms. The van der Waals surface area contributed by atoms with E-state index in [4.69, 9.17) is 16.3 Å². The fourth-order valence-corrected chi connectivity index (χ4v) is 4.19. The largest absolute Gasteiger partial charge is 0.489 e. The highest BCUT2D eigenvalue weighted by atomic mass is 16.5. The van der Waals surface area contributed by atoms with Gasteiger partial charge in [0, 0.05) is 29.9 Å². The van der Waals surface area contributed by atoms with Gasteiger partial charge in [-0.25, -0.2) is 0 Å². The van der Waals surface area contributed by atoms with Gasteiger partial charge in [-0.15, -0.1) is 0 Å². The number of ether oxygens (including phenoxy) is 2. The first kappa shape index (κ1) is 16.9. The second kappa shape index (κ2) is 9.30. The van der Waals surface area contributed by atoms with Crippen molar-refractivity contribution >= 4 is 17.7 Å². The Kier molecular flexibility index (Phi) is 4.62. The van der Waals surface area contributed by atoms with Crippen molar-refractivity contribution < 1.29 is 30.7 Å². The van der Waals surface area contributed by atoms with Crippen molar-refractivity contribution in [3.63, 3.8) is 0 Å². The summed E-state index contributed by atoms with van der Waals surface area (Å²) in [7, 11) is 0. The number of morpholine rings is 1. The molecule has 3 amide bonds. The van der Waals surface area contributed by atoms with Crippen molar-refractivity contribution in [2.75, 3.05) is 19.8 Å². The van der Waals surface area contributed by atoms with Crippen LogP contribution in [0.5, 0.6) is 5.75 Å². The van der Waals surface area contributed by atoms with Gasteiger partial charge < -0.3 is 24.6 Å². The van der Waals surface area contributed by atoms with E-state index in [1.54, 1.807) is 12.1 Å². The van der Waals surface area contributed by atoms with Gasteiger partial charge in [0.2, 0.25) is 11.8 Å². The molecule has 2 saturated heterocycles. The highest BCUT2D eigenvalue weighted by Crippen LogP contribution is 2.34. The lowest BCUT2D eigenvalue weighted by molar-refractivity contribution is -0.143. The Bertz CT molecular complexity index is 1380. The van der Waals surface area contributed by atoms with Gasteiger partial charge in [0.15, 0.2) is 0 Å². The van der Waals surface area contributed by atoms with Gasteiger partial charge in [-0.2, -0.15) is 0 Å². The molecule has 1 atom stereocenters. The summed E-state index contributed by atoms with van der Waals surface area (Å²) in [4.78, 5) is 40.3. The van der Waals surface area contributed by atoms with Gasteiger partial charge in [-0.3, -0.25) is 14.4 Å². The summed E-state index contributed by atoms with van der Waals surface area (Å²) in [6.45, 7) is -0.893. The number of piperidine rings is 1. The molecule has 3 aliphatic heterocycles. The van der Waals surface area contributed by atoms with Crippen molar-refractivity contribution in [3.8, 4) is 5.75 Å². The number of carbonyl (C=O) groups excluding carboxylic acids is 3. The van der Waals surface area contributed by atoms with Gasteiger partial charge >= 0.3 is 0 Å². The van der Waals surface area contributed by atoms with Crippen LogP contribution in [-0.2, 0) is 33.9 Å². The van der Waals surface area contributed by atoms with Crippen LogP contribution < -0.4 is 10.1 Å². The molecule has 1 unspecified atom stereocenters. The SMILES string of the molecule is [2H]c1cc(C([2H])([2H])N2CCOCC2=O)ccc1C([2H])([2H])Oc1cccc2c1CN(C1CCC(=C)NC1=O)C2=O. The highest BCUT2D eigenvalue weighted by molar-refractivity contribution is 6.02. The standard InChI is InChI=1S/C26H27N3O5/c1-17-5-10-22(25(31)27-17)29-14-21-20(26(29)32)3-2-4-23(21)34-15-19-8-6-18(7-9-19)13-28-11-12-33-16-24(28)30/h2-4,6-9,22H,1,5,10-16H2,(H,27,31)/i8D,13D2,15D2. The average Bonchev–Trinajstić information content (AvgIpc) is 3.21. The minimum absolute atomic E-state index is 0.0255. The summed E-state index contributed by atoms with van der Waals surface area (Å²) >= 11 is 0. The third-order valence-electron chi connectivity index (χ3n) is 5.98. The first-order valence-corrected chi connectivity index (χ1v) is 11.0. The first-order valence-electron chi connectivity index (χ1n) is 13.5. The summed E-state index contributed by atoms with van der Waals surface area (Å²) in [5.41, 5.74) is 1.22. The number of benzene rings is 2. The monoisotopic (exact) mass is 466 g/mol. The smallest absolute Gasteiger partial charge is 0.255 e. The number of carbonyl (C=O) groups is 3. The van der Waals surface area contributed by atoms with Gasteiger partial charge in [0.25, 0.3) is 5.91 Å². The molecule has 0 saturated carbocycles. The molecule has 0 aromatic heterocycles. The van der Waals surface area contributed by atoms with Crippen LogP contribution in [0.15, 0.2) is 54.7 Å². The van der Waals surface area contributed by atoms with Crippen molar-refractivity contribution in [1.82, 2.24) is 15.1 Å². The molecule has 8 heteroatoms. The Balaban J connectivity index is 1.39. The predicted octanol–water partition coefficient (Wildman–Crippen LogP) is 2.37. The fourth-order valence-electron chi connectivity index (χ4n) is 4.19. The molecule has 34 heavy (non-hydrogen) atoms. The molecule has 176 valence electrons. The third-order valence-corrected chi connectivity index (χ3v) is 5.98. The molecule has 0 spiro atoms. The van der Waals surface area contributed by atoms with Crippen LogP contribution in [0.3, 0.4) is 0 Å². The molecular weight excluding hydrogens is 434 g/mol. The maximum Gasteiger partial charge on any atom is 0.255 e. The van der Waals surface area contributed by atoms with Gasteiger partial charge in [0.1, 0.15) is 25.0 Å². The second-order valence-electron chi connectivity index (χ2n) is 8.27. The van der Waals surface area contributed by atoms with E-state index in [0.29, 0.717) is 29.7 Å². The second-order valence-corrected chi connectivity index (χ2v) is 8.27. The van der Waals surface area contributed by atoms with Crippen LogP contribution in [0, 0.1) is 0 Å². The van der Waals surface area contributed by atoms with Crippen molar-refractivity contribution in [3.05, 3.63) is 77.0 Å². The van der Waals surface area contributed by atoms with E-state index in [0.717, 1.165) is 4.90 Å². The Labute approximate surface area is 205 Å². The van der Waals surface area contributed by atoms with Gasteiger partial charge in [0.05, 0.1) is 20.0 Å². The molecule has 2 aromatic rings. The maximum absolute atomic E-state index is 13.1. The number of allylic oxidation sites excluding steroid dienone is 1. The van der Waals surface area contributed by atoms with E-state index in [-0.39, 0.29) is 61.0 Å². The molecule has 2 aromatic carbocycles. The van der Waals surface area contributed by atoms with E-state index in [1.165, 1.54) is 29.2 Å². The van der Waals surface area contributed by atoms with E-state index >= 15 is 0 Å². The summed E-state index contributed by atoms with van der Waals surface area (Å²) in [6, 6.07) is 7.46. The number of hydrogen-bond acceptors (Lipinski definition) is 5. The molecule has 3 heterocycles. The van der Waals surface area contributed by atoms with Crippen LogP contribution in [-0.4, -0.2) is 53.3 Å². The minimum atomic E-state index is -2.51. The zero-order valence-electron chi connectivity index (χ0n) is 23.4. The Morgan fingerprint density at radius 2 is 2.06 bits per heavy atom. The van der Waals surface area contributed by atoms with Crippen LogP contribution in [0.25, 0.3) is 0 Å². The molecule has 3 aliphatic rings. The summed E-state index contributed by atoms with van der Waals surface area (Å²) in [5.74, 6) is -1.08. The lowest BCUT2D eigenvalue weighted by Gasteiger charge is -2.31. The van der Waals surface area contributed by atoms with Crippen LogP contribution >= 0.6 is 0 Å². The Morgan fingerprint density at radius 1 is 1.21 bits per heavy atom. The first-order chi connectivity index (χ1) is 18.4. The van der Waals surface area contributed by atoms with Gasteiger partial charge in [-0.05, 0) is 36.1 Å². The van der Waals surface area contributed by atoms with Crippen molar-refractivity contribution in [2.45, 2.75) is 38.5 Å². The van der Waals surface area contributed by atoms with Crippen LogP contribution in [0.4, 0.5) is 0 Å². The fraction of sp³-hybridized carbons (Fsp3) is 0.346. The Morgan fingerprint density at radius 3 is 2.85 bits per heavy atom. The number of hydrogen-bond donors (Lipinski definition) is 1. The zero-order chi connectivity index (χ0) is 28.1. The van der Waals surface area contributed by atoms with Crippen molar-refractivity contribution in [1.29, 1.82) is 0 Å². The summed E-state index contributed by atoms with van der Waals surface area (Å²) in [5, 5.41) is 2.68. The molecule has 2 fully saturated rings. The zero-order valence-corrected chi connectivity index (χ0v) is 18.4. The normalized spacial score (nSPS) is 23.4. The van der Waals surface area contributed by atoms with Crippen LogP contribution in [0.1, 0.15) is 46.7 Å². The van der Waals surface area contributed by atoms with E-state index < -0.39 is 25.0 Å². The quantitative estimate of drug-likeness (QED) is 0.706. The lowest BCUT2D eigenvalue weighted by Crippen LogP contribution is -2.49. The summed E-state index contributed by atoms with van der Waals surface area (Å²) < 4.78 is 53.4. The van der Waals surface area contributed by atoms with E-state index in [9.17, 15) is 14.4 Å². The Hall–Kier alpha value is -3.65. The van der Waals surface area contributed by atoms with Gasteiger partial charge in [-0.1, -0.05) is 36.9 Å². The number of nitrogens with zero attached hydrogens (tertiary/aromatic N) is 2.